The first-order chi connectivity index (χ1) is 8.43. The zero-order valence-corrected chi connectivity index (χ0v) is 9.95. The maximum atomic E-state index is 4.36. The molecule has 3 aromatic rings. The van der Waals surface area contributed by atoms with E-state index in [0.717, 1.165) is 5.52 Å². The van der Waals surface area contributed by atoms with Gasteiger partial charge in [0.1, 0.15) is 0 Å². The number of nitrogens with zero attached hydrogens (tertiary/aromatic N) is 1. The first kappa shape index (κ1) is 10.4. The van der Waals surface area contributed by atoms with Crippen molar-refractivity contribution >= 4 is 22.7 Å². The molecule has 0 unspecified atom stereocenters. The molecule has 17 heavy (non-hydrogen) atoms. The maximum Gasteiger partial charge on any atom is 0.0713 e. The number of hydrogen-bond acceptors (Lipinski definition) is 2. The van der Waals surface area contributed by atoms with Crippen LogP contribution in [0.25, 0.3) is 10.9 Å². The third-order valence-corrected chi connectivity index (χ3v) is 3.61. The van der Waals surface area contributed by atoms with E-state index in [1.807, 2.05) is 36.5 Å². The van der Waals surface area contributed by atoms with Crippen LogP contribution in [-0.4, -0.2) is 4.98 Å². The predicted molar refractivity (Wildman–Crippen MR) is 71.1 cm³/mol. The van der Waals surface area contributed by atoms with Crippen molar-refractivity contribution in [1.29, 1.82) is 0 Å². The lowest BCUT2D eigenvalue weighted by Crippen LogP contribution is -1.81. The van der Waals surface area contributed by atoms with E-state index in [-0.39, 0.29) is 0 Å². The third-order valence-electron chi connectivity index (χ3n) is 2.52. The van der Waals surface area contributed by atoms with Gasteiger partial charge >= 0.3 is 0 Å². The second-order valence-electron chi connectivity index (χ2n) is 3.66. The van der Waals surface area contributed by atoms with Crippen LogP contribution in [0.1, 0.15) is 0 Å². The van der Waals surface area contributed by atoms with Crippen molar-refractivity contribution in [1.82, 2.24) is 4.98 Å². The summed E-state index contributed by atoms with van der Waals surface area (Å²) < 4.78 is 0. The van der Waals surface area contributed by atoms with Crippen LogP contribution in [0, 0.1) is 6.07 Å². The molecule has 1 aromatic heterocycles. The van der Waals surface area contributed by atoms with Gasteiger partial charge in [0, 0.05) is 21.4 Å². The van der Waals surface area contributed by atoms with E-state index in [1.165, 1.54) is 15.2 Å². The lowest BCUT2D eigenvalue weighted by atomic mass is 10.2. The molecule has 3 rings (SSSR count). The Labute approximate surface area is 105 Å². The van der Waals surface area contributed by atoms with Gasteiger partial charge in [-0.1, -0.05) is 42.1 Å². The highest BCUT2D eigenvalue weighted by molar-refractivity contribution is 7.99. The number of benzene rings is 2. The first-order valence-corrected chi connectivity index (χ1v) is 6.23. The van der Waals surface area contributed by atoms with Crippen LogP contribution >= 0.6 is 11.8 Å². The maximum absolute atomic E-state index is 4.36. The van der Waals surface area contributed by atoms with Gasteiger partial charge in [-0.2, -0.15) is 0 Å². The lowest BCUT2D eigenvalue weighted by molar-refractivity contribution is 1.34. The molecule has 0 spiro atoms. The molecule has 0 atom stereocenters. The zero-order valence-electron chi connectivity index (χ0n) is 9.13. The standard InChI is InChI=1S/C15H10NS/c1-2-6-12(7-3-1)17-15-10-11-16-14-9-5-4-8-13(14)15/h2-11H. The summed E-state index contributed by atoms with van der Waals surface area (Å²) in [4.78, 5) is 6.82. The van der Waals surface area contributed by atoms with Crippen LogP contribution in [0.3, 0.4) is 0 Å². The topological polar surface area (TPSA) is 12.9 Å². The molecule has 0 N–H and O–H groups in total. The number of aromatic nitrogens is 1. The molecule has 2 heteroatoms. The summed E-state index contributed by atoms with van der Waals surface area (Å²) >= 11 is 1.76. The van der Waals surface area contributed by atoms with E-state index in [1.54, 1.807) is 11.8 Å². The van der Waals surface area contributed by atoms with Crippen molar-refractivity contribution in [3.8, 4) is 0 Å². The molecule has 81 valence electrons. The molecule has 0 bridgehead atoms. The van der Waals surface area contributed by atoms with E-state index in [9.17, 15) is 0 Å². The monoisotopic (exact) mass is 236 g/mol. The fourth-order valence-electron chi connectivity index (χ4n) is 1.73. The minimum absolute atomic E-state index is 1.04. The van der Waals surface area contributed by atoms with Gasteiger partial charge in [-0.25, -0.2) is 0 Å². The van der Waals surface area contributed by atoms with Crippen molar-refractivity contribution in [3.05, 3.63) is 66.9 Å². The fourth-order valence-corrected chi connectivity index (χ4v) is 2.66. The highest BCUT2D eigenvalue weighted by Gasteiger charge is 2.02. The Morgan fingerprint density at radius 2 is 1.76 bits per heavy atom. The van der Waals surface area contributed by atoms with Crippen molar-refractivity contribution in [2.45, 2.75) is 9.79 Å². The van der Waals surface area contributed by atoms with Gasteiger partial charge in [0.25, 0.3) is 0 Å². The molecule has 0 saturated carbocycles. The van der Waals surface area contributed by atoms with Crippen molar-refractivity contribution in [2.75, 3.05) is 0 Å². The van der Waals surface area contributed by atoms with Gasteiger partial charge in [0.05, 0.1) is 5.52 Å². The largest absolute Gasteiger partial charge is 0.256 e. The molecular weight excluding hydrogens is 226 g/mol. The quantitative estimate of drug-likeness (QED) is 0.662. The Balaban J connectivity index is 2.06. The third kappa shape index (κ3) is 2.17. The fraction of sp³-hybridized carbons (Fsp3) is 0. The number of rotatable bonds is 2. The molecule has 1 nitrogen and oxygen atoms in total. The first-order valence-electron chi connectivity index (χ1n) is 5.41. The van der Waals surface area contributed by atoms with E-state index in [2.05, 4.69) is 35.3 Å². The van der Waals surface area contributed by atoms with Gasteiger partial charge in [0.15, 0.2) is 0 Å². The summed E-state index contributed by atoms with van der Waals surface area (Å²) in [6.45, 7) is 0. The smallest absolute Gasteiger partial charge is 0.0713 e. The van der Waals surface area contributed by atoms with Crippen LogP contribution in [0.5, 0.6) is 0 Å². The minimum atomic E-state index is 1.04. The summed E-state index contributed by atoms with van der Waals surface area (Å²) in [5, 5.41) is 1.20. The second-order valence-corrected chi connectivity index (χ2v) is 4.78. The van der Waals surface area contributed by atoms with Crippen LogP contribution in [0.15, 0.2) is 70.6 Å². The number of hydrogen-bond donors (Lipinski definition) is 0. The van der Waals surface area contributed by atoms with Gasteiger partial charge in [-0.05, 0) is 30.3 Å². The zero-order chi connectivity index (χ0) is 11.5. The van der Waals surface area contributed by atoms with Crippen molar-refractivity contribution < 1.29 is 0 Å². The summed E-state index contributed by atoms with van der Waals surface area (Å²) in [7, 11) is 0. The summed E-state index contributed by atoms with van der Waals surface area (Å²) in [6.07, 6.45) is 1.86. The molecule has 0 fully saturated rings. The minimum Gasteiger partial charge on any atom is -0.256 e. The predicted octanol–water partition coefficient (Wildman–Crippen LogP) is 4.19. The lowest BCUT2D eigenvalue weighted by Gasteiger charge is -2.05. The van der Waals surface area contributed by atoms with Crippen LogP contribution in [0.4, 0.5) is 0 Å². The van der Waals surface area contributed by atoms with Gasteiger partial charge in [-0.3, -0.25) is 4.98 Å². The molecule has 1 heterocycles. The van der Waals surface area contributed by atoms with E-state index >= 15 is 0 Å². The highest BCUT2D eigenvalue weighted by Crippen LogP contribution is 2.32. The van der Waals surface area contributed by atoms with Crippen LogP contribution < -0.4 is 0 Å². The van der Waals surface area contributed by atoms with E-state index in [0.29, 0.717) is 0 Å². The highest BCUT2D eigenvalue weighted by atomic mass is 32.2. The van der Waals surface area contributed by atoms with Crippen molar-refractivity contribution in [3.63, 3.8) is 0 Å². The average molecular weight is 236 g/mol. The Kier molecular flexibility index (Phi) is 2.80. The van der Waals surface area contributed by atoms with E-state index in [4.69, 9.17) is 0 Å². The average Bonchev–Trinajstić information content (AvgIpc) is 2.40. The Hall–Kier alpha value is -1.80. The SMILES string of the molecule is [c]1ccc(Sc2ccnc3ccccc23)cc1. The second kappa shape index (κ2) is 4.60. The molecule has 0 aliphatic heterocycles. The molecule has 1 radical (unpaired) electrons. The molecule has 0 amide bonds. The Morgan fingerprint density at radius 1 is 0.941 bits per heavy atom. The molecule has 0 aliphatic rings. The molecular formula is C15H10NS. The van der Waals surface area contributed by atoms with Gasteiger partial charge < -0.3 is 0 Å². The number of para-hydroxylation sites is 1. The van der Waals surface area contributed by atoms with Gasteiger partial charge in [0.2, 0.25) is 0 Å². The summed E-state index contributed by atoms with van der Waals surface area (Å²) in [6, 6.07) is 21.3. The normalized spacial score (nSPS) is 10.6. The Bertz CT molecular complexity index is 629. The summed E-state index contributed by atoms with van der Waals surface area (Å²) in [5.74, 6) is 0. The Morgan fingerprint density at radius 3 is 2.65 bits per heavy atom. The summed E-state index contributed by atoms with van der Waals surface area (Å²) in [5.41, 5.74) is 1.04. The van der Waals surface area contributed by atoms with Crippen LogP contribution in [-0.2, 0) is 0 Å². The number of pyridine rings is 1. The molecule has 2 aromatic carbocycles. The van der Waals surface area contributed by atoms with Crippen molar-refractivity contribution in [2.24, 2.45) is 0 Å². The van der Waals surface area contributed by atoms with E-state index < -0.39 is 0 Å². The van der Waals surface area contributed by atoms with Gasteiger partial charge in [-0.15, -0.1) is 0 Å². The van der Waals surface area contributed by atoms with Crippen LogP contribution in [0.2, 0.25) is 0 Å². The number of fused-ring (bicyclic) bond motifs is 1. The molecule has 0 aliphatic carbocycles. The molecule has 0 saturated heterocycles.